The predicted molar refractivity (Wildman–Crippen MR) is 75.2 cm³/mol. The van der Waals surface area contributed by atoms with Crippen molar-refractivity contribution in [3.63, 3.8) is 0 Å². The summed E-state index contributed by atoms with van der Waals surface area (Å²) in [6.45, 7) is 5.17. The van der Waals surface area contributed by atoms with Crippen LogP contribution < -0.4 is 4.90 Å². The molecular weight excluding hydrogens is 260 g/mol. The van der Waals surface area contributed by atoms with E-state index in [1.807, 2.05) is 24.8 Å². The van der Waals surface area contributed by atoms with E-state index in [1.165, 1.54) is 6.42 Å². The lowest BCUT2D eigenvalue weighted by Gasteiger charge is -2.20. The quantitative estimate of drug-likeness (QED) is 0.838. The molecule has 0 unspecified atom stereocenters. The van der Waals surface area contributed by atoms with Crippen LogP contribution in [0, 0.1) is 0 Å². The van der Waals surface area contributed by atoms with Gasteiger partial charge in [0.25, 0.3) is 0 Å². The monoisotopic (exact) mass is 278 g/mol. The molecule has 2 aromatic rings. The van der Waals surface area contributed by atoms with Gasteiger partial charge in [-0.3, -0.25) is 9.58 Å². The summed E-state index contributed by atoms with van der Waals surface area (Å²) >= 11 is 1.72. The van der Waals surface area contributed by atoms with E-state index in [0.29, 0.717) is 0 Å². The fourth-order valence-electron chi connectivity index (χ4n) is 2.39. The van der Waals surface area contributed by atoms with Crippen molar-refractivity contribution in [2.45, 2.75) is 13.0 Å². The number of hydrogen-bond donors (Lipinski definition) is 0. The Labute approximate surface area is 116 Å². The molecule has 0 spiro atoms. The van der Waals surface area contributed by atoms with Gasteiger partial charge in [0.2, 0.25) is 0 Å². The first-order valence-corrected chi connectivity index (χ1v) is 7.41. The molecule has 1 saturated heterocycles. The lowest BCUT2D eigenvalue weighted by molar-refractivity contribution is 0.282. The van der Waals surface area contributed by atoms with Crippen molar-refractivity contribution < 1.29 is 0 Å². The average molecular weight is 278 g/mol. The summed E-state index contributed by atoms with van der Waals surface area (Å²) in [6.07, 6.45) is 5.03. The molecule has 102 valence electrons. The minimum absolute atomic E-state index is 0.888. The van der Waals surface area contributed by atoms with Gasteiger partial charge in [-0.05, 0) is 6.42 Å². The van der Waals surface area contributed by atoms with E-state index in [4.69, 9.17) is 0 Å². The van der Waals surface area contributed by atoms with Crippen molar-refractivity contribution in [1.82, 2.24) is 24.9 Å². The van der Waals surface area contributed by atoms with Crippen LogP contribution in [0.5, 0.6) is 0 Å². The number of nitrogens with zero attached hydrogens (tertiary/aromatic N) is 6. The van der Waals surface area contributed by atoms with Gasteiger partial charge >= 0.3 is 0 Å². The smallest absolute Gasteiger partial charge is 0.185 e. The molecule has 3 heterocycles. The molecule has 0 N–H and O–H groups in total. The largest absolute Gasteiger partial charge is 0.347 e. The molecule has 19 heavy (non-hydrogen) atoms. The zero-order valence-corrected chi connectivity index (χ0v) is 11.9. The Hall–Kier alpha value is -1.47. The first-order valence-electron chi connectivity index (χ1n) is 6.53. The Balaban J connectivity index is 1.58. The minimum Gasteiger partial charge on any atom is -0.347 e. The van der Waals surface area contributed by atoms with Crippen LogP contribution in [-0.2, 0) is 13.6 Å². The molecule has 0 atom stereocenters. The Kier molecular flexibility index (Phi) is 3.74. The topological polar surface area (TPSA) is 50.1 Å². The summed E-state index contributed by atoms with van der Waals surface area (Å²) in [7, 11) is 1.91. The molecule has 0 saturated carbocycles. The van der Waals surface area contributed by atoms with E-state index in [2.05, 4.69) is 25.1 Å². The van der Waals surface area contributed by atoms with E-state index >= 15 is 0 Å². The third-order valence-corrected chi connectivity index (χ3v) is 4.15. The fourth-order valence-corrected chi connectivity index (χ4v) is 3.09. The van der Waals surface area contributed by atoms with Gasteiger partial charge in [0, 0.05) is 57.5 Å². The maximum Gasteiger partial charge on any atom is 0.185 e. The SMILES string of the molecule is Cn1cc(CN2CCCN(c3nccs3)CC2)nn1. The number of rotatable bonds is 3. The number of thiazole rings is 1. The van der Waals surface area contributed by atoms with Crippen molar-refractivity contribution in [3.05, 3.63) is 23.5 Å². The van der Waals surface area contributed by atoms with Crippen molar-refractivity contribution in [1.29, 1.82) is 0 Å². The maximum atomic E-state index is 4.39. The summed E-state index contributed by atoms with van der Waals surface area (Å²) in [6, 6.07) is 0. The van der Waals surface area contributed by atoms with Crippen molar-refractivity contribution in [2.24, 2.45) is 7.05 Å². The molecule has 0 aromatic carbocycles. The van der Waals surface area contributed by atoms with Gasteiger partial charge in [0.05, 0.1) is 5.69 Å². The molecule has 7 heteroatoms. The molecular formula is C12H18N6S. The van der Waals surface area contributed by atoms with Crippen LogP contribution in [0.3, 0.4) is 0 Å². The predicted octanol–water partition coefficient (Wildman–Crippen LogP) is 0.984. The molecule has 1 fully saturated rings. The summed E-state index contributed by atoms with van der Waals surface area (Å²) in [5.41, 5.74) is 1.05. The van der Waals surface area contributed by atoms with Crippen molar-refractivity contribution in [2.75, 3.05) is 31.1 Å². The van der Waals surface area contributed by atoms with Gasteiger partial charge < -0.3 is 4.90 Å². The zero-order chi connectivity index (χ0) is 13.1. The average Bonchev–Trinajstić information content (AvgIpc) is 3.00. The first-order chi connectivity index (χ1) is 9.31. The summed E-state index contributed by atoms with van der Waals surface area (Å²) < 4.78 is 1.76. The van der Waals surface area contributed by atoms with Gasteiger partial charge in [-0.2, -0.15) is 0 Å². The van der Waals surface area contributed by atoms with Crippen LogP contribution in [0.2, 0.25) is 0 Å². The summed E-state index contributed by atoms with van der Waals surface area (Å²) in [4.78, 5) is 9.21. The number of anilines is 1. The lowest BCUT2D eigenvalue weighted by Crippen LogP contribution is -2.30. The highest BCUT2D eigenvalue weighted by molar-refractivity contribution is 7.13. The molecule has 0 amide bonds. The molecule has 3 rings (SSSR count). The second kappa shape index (κ2) is 5.66. The minimum atomic E-state index is 0.888. The Morgan fingerprint density at radius 1 is 1.26 bits per heavy atom. The number of aryl methyl sites for hydroxylation is 1. The normalized spacial score (nSPS) is 17.6. The van der Waals surface area contributed by atoms with Crippen LogP contribution in [-0.4, -0.2) is 51.1 Å². The van der Waals surface area contributed by atoms with Crippen molar-refractivity contribution >= 4 is 16.5 Å². The van der Waals surface area contributed by atoms with Crippen LogP contribution in [0.4, 0.5) is 5.13 Å². The molecule has 0 radical (unpaired) electrons. The standard InChI is InChI=1S/C12H18N6S/c1-16-9-11(14-15-16)10-17-4-2-5-18(7-6-17)12-13-3-8-19-12/h3,8-9H,2,4-7,10H2,1H3. The second-order valence-corrected chi connectivity index (χ2v) is 5.69. The van der Waals surface area contributed by atoms with E-state index < -0.39 is 0 Å². The highest BCUT2D eigenvalue weighted by Gasteiger charge is 2.17. The number of hydrogen-bond acceptors (Lipinski definition) is 6. The molecule has 1 aliphatic rings. The van der Waals surface area contributed by atoms with Gasteiger partial charge in [-0.15, -0.1) is 16.4 Å². The van der Waals surface area contributed by atoms with Gasteiger partial charge in [-0.25, -0.2) is 4.98 Å². The third-order valence-electron chi connectivity index (χ3n) is 3.31. The van der Waals surface area contributed by atoms with Crippen LogP contribution in [0.25, 0.3) is 0 Å². The Morgan fingerprint density at radius 3 is 2.95 bits per heavy atom. The Bertz CT molecular complexity index is 508. The fraction of sp³-hybridized carbons (Fsp3) is 0.583. The lowest BCUT2D eigenvalue weighted by atomic mass is 10.3. The van der Waals surface area contributed by atoms with Crippen LogP contribution in [0.1, 0.15) is 12.1 Å². The summed E-state index contributed by atoms with van der Waals surface area (Å²) in [5.74, 6) is 0. The van der Waals surface area contributed by atoms with Crippen molar-refractivity contribution in [3.8, 4) is 0 Å². The number of aromatic nitrogens is 4. The highest BCUT2D eigenvalue weighted by atomic mass is 32.1. The second-order valence-electron chi connectivity index (χ2n) is 4.81. The molecule has 6 nitrogen and oxygen atoms in total. The van der Waals surface area contributed by atoms with E-state index in [-0.39, 0.29) is 0 Å². The highest BCUT2D eigenvalue weighted by Crippen LogP contribution is 2.19. The van der Waals surface area contributed by atoms with E-state index in [9.17, 15) is 0 Å². The first kappa shape index (κ1) is 12.6. The molecule has 2 aromatic heterocycles. The van der Waals surface area contributed by atoms with Gasteiger partial charge in [0.1, 0.15) is 0 Å². The molecule has 0 bridgehead atoms. The molecule has 0 aliphatic carbocycles. The van der Waals surface area contributed by atoms with Crippen LogP contribution >= 0.6 is 11.3 Å². The maximum absolute atomic E-state index is 4.39. The summed E-state index contributed by atoms with van der Waals surface area (Å²) in [5, 5.41) is 11.3. The van der Waals surface area contributed by atoms with Gasteiger partial charge in [-0.1, -0.05) is 5.21 Å². The van der Waals surface area contributed by atoms with Crippen LogP contribution in [0.15, 0.2) is 17.8 Å². The van der Waals surface area contributed by atoms with E-state index in [0.717, 1.165) is 43.5 Å². The third kappa shape index (κ3) is 3.10. The van der Waals surface area contributed by atoms with Gasteiger partial charge in [0.15, 0.2) is 5.13 Å². The van der Waals surface area contributed by atoms with E-state index in [1.54, 1.807) is 16.0 Å². The zero-order valence-electron chi connectivity index (χ0n) is 11.1. The molecule has 1 aliphatic heterocycles. The Morgan fingerprint density at radius 2 is 2.21 bits per heavy atom.